The molecule has 0 saturated heterocycles. The summed E-state index contributed by atoms with van der Waals surface area (Å²) in [5.41, 5.74) is 2.42. The molecule has 6 nitrogen and oxygen atoms in total. The van der Waals surface area contributed by atoms with Gasteiger partial charge in [-0.15, -0.1) is 0 Å². The van der Waals surface area contributed by atoms with Gasteiger partial charge in [-0.2, -0.15) is 5.10 Å². The van der Waals surface area contributed by atoms with Crippen LogP contribution in [0.4, 0.5) is 5.82 Å². The summed E-state index contributed by atoms with van der Waals surface area (Å²) in [6, 6.07) is 10.6. The Morgan fingerprint density at radius 1 is 1.17 bits per heavy atom. The third-order valence-corrected chi connectivity index (χ3v) is 4.22. The van der Waals surface area contributed by atoms with Gasteiger partial charge in [-0.3, -0.25) is 0 Å². The Morgan fingerprint density at radius 3 is 2.91 bits per heavy atom. The van der Waals surface area contributed by atoms with Gasteiger partial charge in [-0.05, 0) is 17.7 Å². The molecule has 1 aliphatic heterocycles. The third kappa shape index (κ3) is 3.12. The average molecular weight is 308 g/mol. The first-order valence-corrected chi connectivity index (χ1v) is 7.92. The number of rotatable bonds is 5. The average Bonchev–Trinajstić information content (AvgIpc) is 3.27. The monoisotopic (exact) mass is 308 g/mol. The molecule has 0 radical (unpaired) electrons. The zero-order chi connectivity index (χ0) is 15.5. The third-order valence-electron chi connectivity index (χ3n) is 4.22. The van der Waals surface area contributed by atoms with E-state index >= 15 is 0 Å². The van der Waals surface area contributed by atoms with Gasteiger partial charge in [0.25, 0.3) is 0 Å². The number of imidazole rings is 1. The van der Waals surface area contributed by atoms with E-state index in [0.29, 0.717) is 5.92 Å². The van der Waals surface area contributed by atoms with Crippen LogP contribution in [0.2, 0.25) is 0 Å². The molecule has 1 atom stereocenters. The van der Waals surface area contributed by atoms with E-state index in [1.807, 2.05) is 34.0 Å². The van der Waals surface area contributed by atoms with E-state index in [-0.39, 0.29) is 0 Å². The first-order chi connectivity index (χ1) is 11.4. The van der Waals surface area contributed by atoms with Gasteiger partial charge in [0, 0.05) is 56.2 Å². The number of aromatic nitrogens is 4. The normalized spacial score (nSPS) is 16.8. The predicted molar refractivity (Wildman–Crippen MR) is 89.5 cm³/mol. The Kier molecular flexibility index (Phi) is 3.81. The highest BCUT2D eigenvalue weighted by Crippen LogP contribution is 2.16. The molecule has 6 heteroatoms. The number of fused-ring (bicyclic) bond motifs is 1. The van der Waals surface area contributed by atoms with E-state index in [0.717, 1.165) is 37.7 Å². The minimum Gasteiger partial charge on any atom is -0.370 e. The van der Waals surface area contributed by atoms with Gasteiger partial charge in [-0.1, -0.05) is 12.1 Å². The van der Waals surface area contributed by atoms with Gasteiger partial charge in [-0.25, -0.2) is 9.67 Å². The number of nitrogens with one attached hydrogen (secondary N) is 2. The van der Waals surface area contributed by atoms with Crippen LogP contribution in [0.1, 0.15) is 5.56 Å². The Hall–Kier alpha value is -2.60. The van der Waals surface area contributed by atoms with Crippen LogP contribution in [-0.2, 0) is 13.1 Å². The summed E-state index contributed by atoms with van der Waals surface area (Å²) >= 11 is 0. The fourth-order valence-corrected chi connectivity index (χ4v) is 2.94. The summed E-state index contributed by atoms with van der Waals surface area (Å²) < 4.78 is 4.04. The van der Waals surface area contributed by atoms with Crippen molar-refractivity contribution in [1.82, 2.24) is 24.6 Å². The van der Waals surface area contributed by atoms with Crippen LogP contribution in [0.25, 0.3) is 5.69 Å². The lowest BCUT2D eigenvalue weighted by atomic mass is 10.1. The van der Waals surface area contributed by atoms with Crippen molar-refractivity contribution in [2.75, 3.05) is 18.4 Å². The maximum Gasteiger partial charge on any atom is 0.124 e. The molecule has 2 aromatic heterocycles. The van der Waals surface area contributed by atoms with Gasteiger partial charge < -0.3 is 15.2 Å². The van der Waals surface area contributed by atoms with Crippen LogP contribution in [0.5, 0.6) is 0 Å². The SMILES string of the molecule is c1cn(-c2ccc(CNCC3CNc4ccnn4C3)cc2)cn1. The number of nitrogens with zero attached hydrogens (tertiary/aromatic N) is 4. The van der Waals surface area contributed by atoms with Crippen molar-refractivity contribution in [3.8, 4) is 5.69 Å². The van der Waals surface area contributed by atoms with Crippen LogP contribution in [0.15, 0.2) is 55.2 Å². The number of hydrogen-bond donors (Lipinski definition) is 2. The summed E-state index contributed by atoms with van der Waals surface area (Å²) in [7, 11) is 0. The predicted octanol–water partition coefficient (Wildman–Crippen LogP) is 1.90. The summed E-state index contributed by atoms with van der Waals surface area (Å²) in [5.74, 6) is 1.68. The maximum atomic E-state index is 4.33. The first kappa shape index (κ1) is 14.0. The lowest BCUT2D eigenvalue weighted by Crippen LogP contribution is -2.35. The van der Waals surface area contributed by atoms with Crippen LogP contribution in [0.3, 0.4) is 0 Å². The lowest BCUT2D eigenvalue weighted by Gasteiger charge is -2.25. The zero-order valence-corrected chi connectivity index (χ0v) is 12.9. The van der Waals surface area contributed by atoms with Gasteiger partial charge >= 0.3 is 0 Å². The fraction of sp³-hybridized carbons (Fsp3) is 0.294. The Bertz CT molecular complexity index is 744. The number of anilines is 1. The second-order valence-corrected chi connectivity index (χ2v) is 5.91. The van der Waals surface area contributed by atoms with E-state index in [9.17, 15) is 0 Å². The van der Waals surface area contributed by atoms with Crippen molar-refractivity contribution in [3.63, 3.8) is 0 Å². The van der Waals surface area contributed by atoms with Crippen molar-refractivity contribution in [1.29, 1.82) is 0 Å². The minimum atomic E-state index is 0.563. The molecule has 118 valence electrons. The molecule has 0 spiro atoms. The van der Waals surface area contributed by atoms with Crippen molar-refractivity contribution >= 4 is 5.82 Å². The molecule has 0 saturated carbocycles. The molecule has 2 N–H and O–H groups in total. The maximum absolute atomic E-state index is 4.33. The molecule has 3 aromatic rings. The van der Waals surface area contributed by atoms with Crippen molar-refractivity contribution in [3.05, 3.63) is 60.8 Å². The topological polar surface area (TPSA) is 59.7 Å². The molecular formula is C17H20N6. The summed E-state index contributed by atoms with van der Waals surface area (Å²) in [4.78, 5) is 4.07. The van der Waals surface area contributed by atoms with Crippen LogP contribution >= 0.6 is 0 Å². The quantitative estimate of drug-likeness (QED) is 0.756. The Balaban J connectivity index is 1.28. The molecule has 1 aromatic carbocycles. The highest BCUT2D eigenvalue weighted by atomic mass is 15.3. The van der Waals surface area contributed by atoms with Gasteiger partial charge in [0.05, 0.1) is 12.5 Å². The summed E-state index contributed by atoms with van der Waals surface area (Å²) in [6.07, 6.45) is 7.40. The van der Waals surface area contributed by atoms with Gasteiger partial charge in [0.2, 0.25) is 0 Å². The van der Waals surface area contributed by atoms with E-state index in [1.165, 1.54) is 5.56 Å². The Labute approximate surface area is 135 Å². The molecule has 0 fully saturated rings. The second kappa shape index (κ2) is 6.26. The van der Waals surface area contributed by atoms with Crippen LogP contribution < -0.4 is 10.6 Å². The van der Waals surface area contributed by atoms with Crippen LogP contribution in [-0.4, -0.2) is 32.4 Å². The summed E-state index contributed by atoms with van der Waals surface area (Å²) in [6.45, 7) is 3.84. The molecule has 0 bridgehead atoms. The molecular weight excluding hydrogens is 288 g/mol. The van der Waals surface area contributed by atoms with Crippen molar-refractivity contribution in [2.24, 2.45) is 5.92 Å². The standard InChI is InChI=1S/C17H20N6/c1-3-16(22-8-7-18-13-22)4-2-14(1)9-19-10-15-11-20-17-5-6-21-23(17)12-15/h1-8,13,15,19-20H,9-12H2. The molecule has 23 heavy (non-hydrogen) atoms. The zero-order valence-electron chi connectivity index (χ0n) is 12.9. The van der Waals surface area contributed by atoms with Gasteiger partial charge in [0.1, 0.15) is 5.82 Å². The lowest BCUT2D eigenvalue weighted by molar-refractivity contribution is 0.391. The fourth-order valence-electron chi connectivity index (χ4n) is 2.94. The molecule has 1 aliphatic rings. The first-order valence-electron chi connectivity index (χ1n) is 7.92. The minimum absolute atomic E-state index is 0.563. The molecule has 1 unspecified atom stereocenters. The second-order valence-electron chi connectivity index (χ2n) is 5.91. The molecule has 0 amide bonds. The smallest absolute Gasteiger partial charge is 0.124 e. The molecule has 3 heterocycles. The molecule has 0 aliphatic carbocycles. The van der Waals surface area contributed by atoms with E-state index < -0.39 is 0 Å². The van der Waals surface area contributed by atoms with Crippen LogP contribution in [0, 0.1) is 5.92 Å². The van der Waals surface area contributed by atoms with E-state index in [1.54, 1.807) is 6.20 Å². The van der Waals surface area contributed by atoms with Crippen molar-refractivity contribution in [2.45, 2.75) is 13.1 Å². The Morgan fingerprint density at radius 2 is 2.09 bits per heavy atom. The highest BCUT2D eigenvalue weighted by Gasteiger charge is 2.17. The van der Waals surface area contributed by atoms with Crippen molar-refractivity contribution < 1.29 is 0 Å². The van der Waals surface area contributed by atoms with E-state index in [4.69, 9.17) is 0 Å². The summed E-state index contributed by atoms with van der Waals surface area (Å²) in [5, 5.41) is 11.3. The number of benzene rings is 1. The van der Waals surface area contributed by atoms with E-state index in [2.05, 4.69) is 45.0 Å². The molecule has 4 rings (SSSR count). The highest BCUT2D eigenvalue weighted by molar-refractivity contribution is 5.36. The largest absolute Gasteiger partial charge is 0.370 e. The van der Waals surface area contributed by atoms with Gasteiger partial charge in [0.15, 0.2) is 0 Å². The number of hydrogen-bond acceptors (Lipinski definition) is 4.